The first kappa shape index (κ1) is 17.7. The van der Waals surface area contributed by atoms with Crippen molar-refractivity contribution in [3.8, 4) is 0 Å². The van der Waals surface area contributed by atoms with E-state index < -0.39 is 0 Å². The van der Waals surface area contributed by atoms with Crippen molar-refractivity contribution >= 4 is 16.9 Å². The summed E-state index contributed by atoms with van der Waals surface area (Å²) in [7, 11) is 0. The molecule has 6 heteroatoms. The van der Waals surface area contributed by atoms with Crippen LogP contribution >= 0.6 is 0 Å². The van der Waals surface area contributed by atoms with Gasteiger partial charge in [-0.25, -0.2) is 4.79 Å². The highest BCUT2D eigenvalue weighted by atomic mass is 16.2. The second-order valence-corrected chi connectivity index (χ2v) is 6.71. The Hall–Kier alpha value is -2.08. The van der Waals surface area contributed by atoms with Gasteiger partial charge in [-0.3, -0.25) is 13.9 Å². The van der Waals surface area contributed by atoms with E-state index >= 15 is 0 Å². The summed E-state index contributed by atoms with van der Waals surface area (Å²) < 4.78 is 3.28. The van der Waals surface area contributed by atoms with E-state index in [-0.39, 0.29) is 18.1 Å². The Morgan fingerprint density at radius 2 is 1.76 bits per heavy atom. The summed E-state index contributed by atoms with van der Waals surface area (Å²) in [5.41, 5.74) is 1.58. The molecular weight excluding hydrogens is 316 g/mol. The molecule has 0 bridgehead atoms. The van der Waals surface area contributed by atoms with E-state index in [1.165, 1.54) is 32.4 Å². The van der Waals surface area contributed by atoms with E-state index in [1.807, 2.05) is 31.2 Å². The van der Waals surface area contributed by atoms with Gasteiger partial charge in [0.15, 0.2) is 0 Å². The summed E-state index contributed by atoms with van der Waals surface area (Å²) in [6.07, 6.45) is 4.87. The van der Waals surface area contributed by atoms with Gasteiger partial charge >= 0.3 is 5.69 Å². The molecule has 1 aliphatic heterocycles. The number of aromatic nitrogens is 2. The summed E-state index contributed by atoms with van der Waals surface area (Å²) >= 11 is 0. The quantitative estimate of drug-likeness (QED) is 0.780. The smallest absolute Gasteiger partial charge is 0.329 e. The predicted molar refractivity (Wildman–Crippen MR) is 99.8 cm³/mol. The molecule has 0 atom stereocenters. The van der Waals surface area contributed by atoms with Crippen LogP contribution in [-0.2, 0) is 17.9 Å². The number of carbonyl (C=O) groups excluding carboxylic acids is 1. The summed E-state index contributed by atoms with van der Waals surface area (Å²) in [5, 5.41) is 2.96. The number of nitrogens with one attached hydrogen (secondary N) is 1. The van der Waals surface area contributed by atoms with Gasteiger partial charge in [-0.05, 0) is 58.0 Å². The number of aryl methyl sites for hydroxylation is 1. The highest BCUT2D eigenvalue weighted by molar-refractivity contribution is 5.80. The average Bonchev–Trinajstić information content (AvgIpc) is 2.91. The SMILES string of the molecule is CCn1c(=O)n(CC(=O)NCCCN2CCCCC2)c2ccccc21. The van der Waals surface area contributed by atoms with Crippen molar-refractivity contribution in [2.45, 2.75) is 45.7 Å². The fourth-order valence-corrected chi connectivity index (χ4v) is 3.64. The molecule has 1 aromatic heterocycles. The normalized spacial score (nSPS) is 15.6. The minimum Gasteiger partial charge on any atom is -0.354 e. The number of imidazole rings is 1. The van der Waals surface area contributed by atoms with Crippen LogP contribution in [0.25, 0.3) is 11.0 Å². The molecule has 0 spiro atoms. The van der Waals surface area contributed by atoms with Crippen molar-refractivity contribution < 1.29 is 4.79 Å². The van der Waals surface area contributed by atoms with E-state index in [9.17, 15) is 9.59 Å². The van der Waals surface area contributed by atoms with Crippen molar-refractivity contribution in [3.63, 3.8) is 0 Å². The van der Waals surface area contributed by atoms with Gasteiger partial charge in [-0.15, -0.1) is 0 Å². The molecule has 2 aromatic rings. The molecule has 2 heterocycles. The van der Waals surface area contributed by atoms with Crippen LogP contribution in [0, 0.1) is 0 Å². The number of amides is 1. The molecule has 0 aliphatic carbocycles. The van der Waals surface area contributed by atoms with Gasteiger partial charge in [0, 0.05) is 13.1 Å². The van der Waals surface area contributed by atoms with Crippen LogP contribution in [0.15, 0.2) is 29.1 Å². The van der Waals surface area contributed by atoms with Gasteiger partial charge in [0.05, 0.1) is 11.0 Å². The molecule has 1 saturated heterocycles. The van der Waals surface area contributed by atoms with Crippen molar-refractivity contribution in [1.82, 2.24) is 19.4 Å². The number of piperidine rings is 1. The molecule has 0 unspecified atom stereocenters. The lowest BCUT2D eigenvalue weighted by molar-refractivity contribution is -0.121. The molecule has 1 aliphatic rings. The number of fused-ring (bicyclic) bond motifs is 1. The second kappa shape index (κ2) is 8.34. The zero-order valence-electron chi connectivity index (χ0n) is 15.0. The Balaban J connectivity index is 1.55. The van der Waals surface area contributed by atoms with Crippen LogP contribution in [0.3, 0.4) is 0 Å². The molecule has 6 nitrogen and oxygen atoms in total. The van der Waals surface area contributed by atoms with Crippen molar-refractivity contribution in [2.75, 3.05) is 26.2 Å². The molecule has 1 fully saturated rings. The second-order valence-electron chi connectivity index (χ2n) is 6.71. The van der Waals surface area contributed by atoms with Crippen LogP contribution in [0.4, 0.5) is 0 Å². The summed E-state index contributed by atoms with van der Waals surface area (Å²) in [6.45, 7) is 6.68. The first-order valence-electron chi connectivity index (χ1n) is 9.38. The zero-order chi connectivity index (χ0) is 17.6. The number of hydrogen-bond acceptors (Lipinski definition) is 3. The minimum atomic E-state index is -0.118. The summed E-state index contributed by atoms with van der Waals surface area (Å²) in [5.74, 6) is -0.0975. The van der Waals surface area contributed by atoms with E-state index in [1.54, 1.807) is 9.13 Å². The van der Waals surface area contributed by atoms with Crippen molar-refractivity contribution in [1.29, 1.82) is 0 Å². The maximum Gasteiger partial charge on any atom is 0.329 e. The fraction of sp³-hybridized carbons (Fsp3) is 0.579. The van der Waals surface area contributed by atoms with E-state index in [0.717, 1.165) is 24.0 Å². The molecule has 3 rings (SSSR count). The van der Waals surface area contributed by atoms with E-state index in [0.29, 0.717) is 13.1 Å². The number of likely N-dealkylation sites (tertiary alicyclic amines) is 1. The molecule has 1 amide bonds. The molecule has 0 radical (unpaired) electrons. The van der Waals surface area contributed by atoms with E-state index in [4.69, 9.17) is 0 Å². The van der Waals surface area contributed by atoms with Gasteiger partial charge in [-0.2, -0.15) is 0 Å². The largest absolute Gasteiger partial charge is 0.354 e. The van der Waals surface area contributed by atoms with Gasteiger partial charge in [0.2, 0.25) is 5.91 Å². The Kier molecular flexibility index (Phi) is 5.91. The molecule has 1 aromatic carbocycles. The summed E-state index contributed by atoms with van der Waals surface area (Å²) in [4.78, 5) is 27.3. The monoisotopic (exact) mass is 344 g/mol. The lowest BCUT2D eigenvalue weighted by Crippen LogP contribution is -2.35. The first-order valence-corrected chi connectivity index (χ1v) is 9.38. The number of rotatable bonds is 7. The van der Waals surface area contributed by atoms with Crippen molar-refractivity contribution in [3.05, 3.63) is 34.7 Å². The Morgan fingerprint density at radius 3 is 2.44 bits per heavy atom. The van der Waals surface area contributed by atoms with Crippen LogP contribution in [0.5, 0.6) is 0 Å². The third kappa shape index (κ3) is 4.12. The maximum atomic E-state index is 12.5. The van der Waals surface area contributed by atoms with E-state index in [2.05, 4.69) is 10.2 Å². The van der Waals surface area contributed by atoms with Gasteiger partial charge in [0.1, 0.15) is 6.54 Å². The minimum absolute atomic E-state index is 0.0794. The maximum absolute atomic E-state index is 12.5. The number of para-hydroxylation sites is 2. The lowest BCUT2D eigenvalue weighted by atomic mass is 10.1. The highest BCUT2D eigenvalue weighted by Gasteiger charge is 2.14. The number of hydrogen-bond donors (Lipinski definition) is 1. The standard InChI is InChI=1S/C19H28N4O2/c1-2-22-16-9-4-5-10-17(16)23(19(22)25)15-18(24)20-11-8-14-21-12-6-3-7-13-21/h4-5,9-10H,2-3,6-8,11-15H2,1H3,(H,20,24). The molecule has 25 heavy (non-hydrogen) atoms. The molecule has 1 N–H and O–H groups in total. The Labute approximate surface area is 148 Å². The third-order valence-corrected chi connectivity index (χ3v) is 4.97. The highest BCUT2D eigenvalue weighted by Crippen LogP contribution is 2.12. The van der Waals surface area contributed by atoms with Gasteiger partial charge in [-0.1, -0.05) is 18.6 Å². The zero-order valence-corrected chi connectivity index (χ0v) is 15.0. The Morgan fingerprint density at radius 1 is 1.08 bits per heavy atom. The number of benzene rings is 1. The molecular formula is C19H28N4O2. The first-order chi connectivity index (χ1) is 12.2. The number of nitrogens with zero attached hydrogens (tertiary/aromatic N) is 3. The topological polar surface area (TPSA) is 59.3 Å². The lowest BCUT2D eigenvalue weighted by Gasteiger charge is -2.26. The summed E-state index contributed by atoms with van der Waals surface area (Å²) in [6, 6.07) is 7.63. The third-order valence-electron chi connectivity index (χ3n) is 4.97. The van der Waals surface area contributed by atoms with Crippen LogP contribution in [0.2, 0.25) is 0 Å². The average molecular weight is 344 g/mol. The van der Waals surface area contributed by atoms with Crippen LogP contribution in [-0.4, -0.2) is 46.1 Å². The number of carbonyl (C=O) groups is 1. The molecule has 136 valence electrons. The fourth-order valence-electron chi connectivity index (χ4n) is 3.64. The van der Waals surface area contributed by atoms with Gasteiger partial charge < -0.3 is 10.2 Å². The van der Waals surface area contributed by atoms with Gasteiger partial charge in [0.25, 0.3) is 0 Å². The molecule has 0 saturated carbocycles. The van der Waals surface area contributed by atoms with Crippen LogP contribution in [0.1, 0.15) is 32.6 Å². The predicted octanol–water partition coefficient (Wildman–Crippen LogP) is 1.82. The van der Waals surface area contributed by atoms with Crippen molar-refractivity contribution in [2.24, 2.45) is 0 Å². The Bertz CT molecular complexity index is 771. The van der Waals surface area contributed by atoms with Crippen LogP contribution < -0.4 is 11.0 Å².